The average Bonchev–Trinajstić information content (AvgIpc) is 2.54. The fourth-order valence-corrected chi connectivity index (χ4v) is 1.76. The van der Waals surface area contributed by atoms with Crippen molar-refractivity contribution in [3.05, 3.63) is 53.5 Å². The molecule has 0 saturated heterocycles. The number of carbonyl (C=O) groups is 1. The second-order valence-corrected chi connectivity index (χ2v) is 5.07. The molecule has 0 aliphatic rings. The van der Waals surface area contributed by atoms with Gasteiger partial charge in [0.25, 0.3) is 5.91 Å². The predicted octanol–water partition coefficient (Wildman–Crippen LogP) is 2.76. The van der Waals surface area contributed by atoms with Gasteiger partial charge in [-0.25, -0.2) is 4.39 Å². The van der Waals surface area contributed by atoms with Crippen molar-refractivity contribution in [1.29, 1.82) is 0 Å². The second-order valence-electron chi connectivity index (χ2n) is 5.07. The fourth-order valence-electron chi connectivity index (χ4n) is 1.76. The molecule has 0 aliphatic heterocycles. The van der Waals surface area contributed by atoms with E-state index >= 15 is 0 Å². The van der Waals surface area contributed by atoms with Gasteiger partial charge in [-0.15, -0.1) is 10.2 Å². The van der Waals surface area contributed by atoms with E-state index in [4.69, 9.17) is 0 Å². The van der Waals surface area contributed by atoms with Crippen molar-refractivity contribution in [2.45, 2.75) is 32.9 Å². The van der Waals surface area contributed by atoms with Crippen molar-refractivity contribution in [3.8, 4) is 0 Å². The van der Waals surface area contributed by atoms with Crippen molar-refractivity contribution in [2.75, 3.05) is 5.32 Å². The highest BCUT2D eigenvalue weighted by Gasteiger charge is 2.08. The van der Waals surface area contributed by atoms with E-state index < -0.39 is 0 Å². The van der Waals surface area contributed by atoms with E-state index in [9.17, 15) is 9.18 Å². The Morgan fingerprint density at radius 3 is 2.50 bits per heavy atom. The number of hydrogen-bond donors (Lipinski definition) is 2. The molecule has 0 aliphatic carbocycles. The standard InChI is InChI=1S/C16H19FN4O/c1-3-11(2)19-15-9-8-14(20-21-15)16(22)18-10-12-4-6-13(17)7-5-12/h4-9,11H,3,10H2,1-2H3,(H,18,22)(H,19,21). The van der Waals surface area contributed by atoms with Gasteiger partial charge in [0, 0.05) is 12.6 Å². The highest BCUT2D eigenvalue weighted by atomic mass is 19.1. The molecule has 1 amide bonds. The summed E-state index contributed by atoms with van der Waals surface area (Å²) in [6.07, 6.45) is 0.974. The molecule has 0 saturated carbocycles. The number of nitrogens with zero attached hydrogens (tertiary/aromatic N) is 2. The zero-order chi connectivity index (χ0) is 15.9. The topological polar surface area (TPSA) is 66.9 Å². The molecule has 2 N–H and O–H groups in total. The van der Waals surface area contributed by atoms with E-state index in [1.807, 2.05) is 6.92 Å². The summed E-state index contributed by atoms with van der Waals surface area (Å²) in [5, 5.41) is 13.8. The Bertz CT molecular complexity index is 613. The third-order valence-electron chi connectivity index (χ3n) is 3.27. The quantitative estimate of drug-likeness (QED) is 0.861. The fraction of sp³-hybridized carbons (Fsp3) is 0.312. The minimum Gasteiger partial charge on any atom is -0.366 e. The molecule has 2 aromatic rings. The summed E-state index contributed by atoms with van der Waals surface area (Å²) < 4.78 is 12.8. The number of hydrogen-bond acceptors (Lipinski definition) is 4. The maximum absolute atomic E-state index is 12.8. The van der Waals surface area contributed by atoms with E-state index in [2.05, 4.69) is 27.8 Å². The number of halogens is 1. The van der Waals surface area contributed by atoms with Crippen molar-refractivity contribution in [3.63, 3.8) is 0 Å². The molecule has 1 unspecified atom stereocenters. The van der Waals surface area contributed by atoms with Gasteiger partial charge in [0.2, 0.25) is 0 Å². The lowest BCUT2D eigenvalue weighted by Crippen LogP contribution is -2.24. The number of rotatable bonds is 6. The highest BCUT2D eigenvalue weighted by molar-refractivity contribution is 5.92. The first kappa shape index (κ1) is 15.9. The lowest BCUT2D eigenvalue weighted by molar-refractivity contribution is 0.0945. The lowest BCUT2D eigenvalue weighted by Gasteiger charge is -2.11. The first-order chi connectivity index (χ1) is 10.6. The average molecular weight is 302 g/mol. The summed E-state index contributed by atoms with van der Waals surface area (Å²) in [7, 11) is 0. The van der Waals surface area contributed by atoms with Crippen LogP contribution < -0.4 is 10.6 Å². The van der Waals surface area contributed by atoms with Crippen LogP contribution >= 0.6 is 0 Å². The van der Waals surface area contributed by atoms with Gasteiger partial charge < -0.3 is 10.6 Å². The molecule has 0 radical (unpaired) electrons. The number of benzene rings is 1. The van der Waals surface area contributed by atoms with Gasteiger partial charge in [-0.1, -0.05) is 19.1 Å². The monoisotopic (exact) mass is 302 g/mol. The van der Waals surface area contributed by atoms with Crippen LogP contribution in [0.5, 0.6) is 0 Å². The van der Waals surface area contributed by atoms with Gasteiger partial charge in [-0.3, -0.25) is 4.79 Å². The molecule has 6 heteroatoms. The van der Waals surface area contributed by atoms with Crippen molar-refractivity contribution in [2.24, 2.45) is 0 Å². The van der Waals surface area contributed by atoms with E-state index in [1.54, 1.807) is 24.3 Å². The summed E-state index contributed by atoms with van der Waals surface area (Å²) >= 11 is 0. The van der Waals surface area contributed by atoms with Gasteiger partial charge in [0.1, 0.15) is 11.6 Å². The van der Waals surface area contributed by atoms with E-state index in [0.717, 1.165) is 12.0 Å². The minimum absolute atomic E-state index is 0.247. The van der Waals surface area contributed by atoms with Crippen molar-refractivity contribution in [1.82, 2.24) is 15.5 Å². The zero-order valence-electron chi connectivity index (χ0n) is 12.6. The summed E-state index contributed by atoms with van der Waals surface area (Å²) in [6.45, 7) is 4.43. The number of nitrogens with one attached hydrogen (secondary N) is 2. The number of aromatic nitrogens is 2. The molecule has 1 atom stereocenters. The molecular weight excluding hydrogens is 283 g/mol. The van der Waals surface area contributed by atoms with E-state index in [1.165, 1.54) is 12.1 Å². The maximum Gasteiger partial charge on any atom is 0.272 e. The summed E-state index contributed by atoms with van der Waals surface area (Å²) in [5.74, 6) is 0.0293. The molecule has 1 heterocycles. The van der Waals surface area contributed by atoms with Gasteiger partial charge in [0.15, 0.2) is 5.69 Å². The van der Waals surface area contributed by atoms with Crippen LogP contribution in [-0.2, 0) is 6.54 Å². The Morgan fingerprint density at radius 1 is 1.18 bits per heavy atom. The SMILES string of the molecule is CCC(C)Nc1ccc(C(=O)NCc2ccc(F)cc2)nn1. The number of anilines is 1. The molecule has 0 fully saturated rings. The number of carbonyl (C=O) groups excluding carboxylic acids is 1. The maximum atomic E-state index is 12.8. The van der Waals surface area contributed by atoms with Crippen molar-refractivity contribution >= 4 is 11.7 Å². The van der Waals surface area contributed by atoms with Crippen LogP contribution in [0.1, 0.15) is 36.3 Å². The molecule has 0 bridgehead atoms. The molecule has 116 valence electrons. The Labute approximate surface area is 129 Å². The largest absolute Gasteiger partial charge is 0.366 e. The molecular formula is C16H19FN4O. The Morgan fingerprint density at radius 2 is 1.91 bits per heavy atom. The van der Waals surface area contributed by atoms with Crippen LogP contribution in [-0.4, -0.2) is 22.1 Å². The smallest absolute Gasteiger partial charge is 0.272 e. The van der Waals surface area contributed by atoms with E-state index in [-0.39, 0.29) is 17.4 Å². The van der Waals surface area contributed by atoms with E-state index in [0.29, 0.717) is 18.4 Å². The minimum atomic E-state index is -0.313. The predicted molar refractivity (Wildman–Crippen MR) is 83.0 cm³/mol. The molecule has 2 rings (SSSR count). The zero-order valence-corrected chi connectivity index (χ0v) is 12.6. The molecule has 1 aromatic carbocycles. The lowest BCUT2D eigenvalue weighted by atomic mass is 10.2. The molecule has 22 heavy (non-hydrogen) atoms. The second kappa shape index (κ2) is 7.49. The van der Waals surface area contributed by atoms with Crippen LogP contribution in [0.25, 0.3) is 0 Å². The molecule has 0 spiro atoms. The third kappa shape index (κ3) is 4.51. The van der Waals surface area contributed by atoms with Crippen LogP contribution in [0, 0.1) is 5.82 Å². The Kier molecular flexibility index (Phi) is 5.41. The molecule has 1 aromatic heterocycles. The summed E-state index contributed by atoms with van der Waals surface area (Å²) in [6, 6.07) is 9.62. The molecule has 5 nitrogen and oxygen atoms in total. The van der Waals surface area contributed by atoms with Gasteiger partial charge in [-0.05, 0) is 43.2 Å². The first-order valence-electron chi connectivity index (χ1n) is 7.21. The van der Waals surface area contributed by atoms with Crippen LogP contribution in [0.4, 0.5) is 10.2 Å². The summed E-state index contributed by atoms with van der Waals surface area (Å²) in [4.78, 5) is 12.0. The normalized spacial score (nSPS) is 11.8. The van der Waals surface area contributed by atoms with Crippen LogP contribution in [0.2, 0.25) is 0 Å². The number of amides is 1. The Balaban J connectivity index is 1.90. The van der Waals surface area contributed by atoms with Crippen LogP contribution in [0.15, 0.2) is 36.4 Å². The van der Waals surface area contributed by atoms with Crippen LogP contribution in [0.3, 0.4) is 0 Å². The van der Waals surface area contributed by atoms with Gasteiger partial charge in [-0.2, -0.15) is 0 Å². The van der Waals surface area contributed by atoms with Gasteiger partial charge in [0.05, 0.1) is 0 Å². The third-order valence-corrected chi connectivity index (χ3v) is 3.27. The first-order valence-corrected chi connectivity index (χ1v) is 7.21. The van der Waals surface area contributed by atoms with Crippen molar-refractivity contribution < 1.29 is 9.18 Å². The Hall–Kier alpha value is -2.50. The van der Waals surface area contributed by atoms with Gasteiger partial charge >= 0.3 is 0 Å². The highest BCUT2D eigenvalue weighted by Crippen LogP contribution is 2.06. The summed E-state index contributed by atoms with van der Waals surface area (Å²) in [5.41, 5.74) is 1.06.